The van der Waals surface area contributed by atoms with Crippen LogP contribution in [0.15, 0.2) is 27.7 Å². The summed E-state index contributed by atoms with van der Waals surface area (Å²) in [5.41, 5.74) is 0.666. The van der Waals surface area contributed by atoms with Crippen LogP contribution < -0.4 is 5.32 Å². The summed E-state index contributed by atoms with van der Waals surface area (Å²) < 4.78 is 20.2. The van der Waals surface area contributed by atoms with Crippen LogP contribution in [0, 0.1) is 5.82 Å². The largest absolute Gasteiger partial charge is 0.368 e. The number of halogens is 2. The van der Waals surface area contributed by atoms with Crippen molar-refractivity contribution in [2.24, 2.45) is 4.99 Å². The van der Waals surface area contributed by atoms with Crippen LogP contribution >= 0.6 is 15.9 Å². The highest BCUT2D eigenvalue weighted by molar-refractivity contribution is 9.10. The van der Waals surface area contributed by atoms with E-state index in [1.807, 2.05) is 4.90 Å². The van der Waals surface area contributed by atoms with E-state index in [0.717, 1.165) is 36.4 Å². The van der Waals surface area contributed by atoms with E-state index in [2.05, 4.69) is 31.1 Å². The fourth-order valence-corrected chi connectivity index (χ4v) is 3.90. The quantitative estimate of drug-likeness (QED) is 0.574. The van der Waals surface area contributed by atoms with Crippen molar-refractivity contribution in [3.8, 4) is 0 Å². The number of hydrogen-bond donors (Lipinski definition) is 1. The van der Waals surface area contributed by atoms with Gasteiger partial charge in [-0.3, -0.25) is 9.79 Å². The van der Waals surface area contributed by atoms with Gasteiger partial charge in [0.15, 0.2) is 5.96 Å². The molecule has 0 aliphatic carbocycles. The van der Waals surface area contributed by atoms with Gasteiger partial charge in [0.05, 0.1) is 0 Å². The summed E-state index contributed by atoms with van der Waals surface area (Å²) in [4.78, 5) is 20.8. The predicted molar refractivity (Wildman–Crippen MR) is 106 cm³/mol. The lowest BCUT2D eigenvalue weighted by Crippen LogP contribution is -2.55. The summed E-state index contributed by atoms with van der Waals surface area (Å²) in [7, 11) is 1.74. The van der Waals surface area contributed by atoms with E-state index in [1.54, 1.807) is 19.2 Å². The highest BCUT2D eigenvalue weighted by Gasteiger charge is 2.30. The van der Waals surface area contributed by atoms with Gasteiger partial charge in [0.25, 0.3) is 5.91 Å². The van der Waals surface area contributed by atoms with Gasteiger partial charge in [-0.1, -0.05) is 15.9 Å². The molecule has 1 atom stereocenters. The molecule has 2 aliphatic rings. The van der Waals surface area contributed by atoms with Crippen molar-refractivity contribution in [2.45, 2.75) is 25.4 Å². The Morgan fingerprint density at radius 2 is 2.07 bits per heavy atom. The molecule has 0 bridgehead atoms. The van der Waals surface area contributed by atoms with E-state index in [4.69, 9.17) is 4.74 Å². The molecule has 1 aromatic carbocycles. The van der Waals surface area contributed by atoms with E-state index < -0.39 is 0 Å². The molecule has 2 saturated heterocycles. The molecule has 2 aliphatic heterocycles. The Balaban J connectivity index is 1.46. The van der Waals surface area contributed by atoms with Crippen LogP contribution in [0.25, 0.3) is 0 Å². The molecule has 1 N–H and O–H groups in total. The van der Waals surface area contributed by atoms with Crippen LogP contribution in [0.2, 0.25) is 0 Å². The summed E-state index contributed by atoms with van der Waals surface area (Å²) in [5.74, 6) is 0.700. The van der Waals surface area contributed by atoms with Crippen molar-refractivity contribution in [1.29, 1.82) is 0 Å². The van der Waals surface area contributed by atoms with Crippen molar-refractivity contribution in [3.05, 3.63) is 34.1 Å². The number of amides is 1. The average Bonchev–Trinajstić information content (AvgIpc) is 3.22. The first-order valence-corrected chi connectivity index (χ1v) is 10.2. The second-order valence-corrected chi connectivity index (χ2v) is 7.69. The van der Waals surface area contributed by atoms with Crippen molar-refractivity contribution in [2.75, 3.05) is 46.4 Å². The zero-order valence-electron chi connectivity index (χ0n) is 15.6. The van der Waals surface area contributed by atoms with Gasteiger partial charge in [-0.05, 0) is 43.0 Å². The number of guanidine groups is 1. The lowest BCUT2D eigenvalue weighted by molar-refractivity contribution is -0.142. The molecule has 0 radical (unpaired) electrons. The van der Waals surface area contributed by atoms with Crippen LogP contribution in [-0.2, 0) is 16.0 Å². The fraction of sp³-hybridized carbons (Fsp3) is 0.579. The molecular formula is C19H26BrFN4O2. The number of rotatable bonds is 4. The molecule has 148 valence electrons. The third-order valence-electron chi connectivity index (χ3n) is 4.99. The van der Waals surface area contributed by atoms with Gasteiger partial charge >= 0.3 is 0 Å². The van der Waals surface area contributed by atoms with E-state index in [9.17, 15) is 9.18 Å². The zero-order chi connectivity index (χ0) is 19.2. The standard InChI is InChI=1S/C19H26BrFN4O2/c1-22-19(23-7-6-14-13-15(20)4-5-16(14)21)25-10-8-24(9-11-25)18(26)17-3-2-12-27-17/h4-5,13,17H,2-3,6-12H2,1H3,(H,22,23). The number of carbonyl (C=O) groups excluding carboxylic acids is 1. The van der Waals surface area contributed by atoms with E-state index >= 15 is 0 Å². The maximum Gasteiger partial charge on any atom is 0.251 e. The first-order valence-electron chi connectivity index (χ1n) is 9.38. The molecule has 1 amide bonds. The number of nitrogens with one attached hydrogen (secondary N) is 1. The second-order valence-electron chi connectivity index (χ2n) is 6.77. The summed E-state index contributed by atoms with van der Waals surface area (Å²) in [6.07, 6.45) is 2.11. The fourth-order valence-electron chi connectivity index (χ4n) is 3.49. The predicted octanol–water partition coefficient (Wildman–Crippen LogP) is 2.03. The number of ether oxygens (including phenoxy) is 1. The van der Waals surface area contributed by atoms with Gasteiger partial charge in [0.1, 0.15) is 11.9 Å². The maximum atomic E-state index is 13.8. The third-order valence-corrected chi connectivity index (χ3v) is 5.49. The monoisotopic (exact) mass is 440 g/mol. The lowest BCUT2D eigenvalue weighted by Gasteiger charge is -2.37. The number of piperazine rings is 1. The Morgan fingerprint density at radius 3 is 2.74 bits per heavy atom. The molecule has 2 heterocycles. The third kappa shape index (κ3) is 5.19. The Bertz CT molecular complexity index is 686. The normalized spacial score (nSPS) is 20.9. The Labute approximate surface area is 167 Å². The van der Waals surface area contributed by atoms with Crippen LogP contribution in [0.3, 0.4) is 0 Å². The molecule has 0 spiro atoms. The molecule has 0 aromatic heterocycles. The molecule has 1 unspecified atom stereocenters. The van der Waals surface area contributed by atoms with Crippen molar-refractivity contribution >= 4 is 27.8 Å². The number of carbonyl (C=O) groups is 1. The Morgan fingerprint density at radius 1 is 1.33 bits per heavy atom. The number of aliphatic imine (C=N–C) groups is 1. The molecule has 0 saturated carbocycles. The van der Waals surface area contributed by atoms with Gasteiger partial charge in [-0.25, -0.2) is 4.39 Å². The van der Waals surface area contributed by atoms with E-state index in [-0.39, 0.29) is 17.8 Å². The van der Waals surface area contributed by atoms with E-state index in [0.29, 0.717) is 38.2 Å². The summed E-state index contributed by atoms with van der Waals surface area (Å²) >= 11 is 3.37. The lowest BCUT2D eigenvalue weighted by atomic mass is 10.1. The first kappa shape index (κ1) is 20.1. The van der Waals surface area contributed by atoms with Gasteiger partial charge in [-0.15, -0.1) is 0 Å². The number of nitrogens with zero attached hydrogens (tertiary/aromatic N) is 3. The smallest absolute Gasteiger partial charge is 0.251 e. The Hall–Kier alpha value is -1.67. The number of hydrogen-bond acceptors (Lipinski definition) is 3. The van der Waals surface area contributed by atoms with Crippen LogP contribution in [0.4, 0.5) is 4.39 Å². The SMILES string of the molecule is CN=C(NCCc1cc(Br)ccc1F)N1CCN(C(=O)C2CCCO2)CC1. The number of benzene rings is 1. The van der Waals surface area contributed by atoms with Crippen molar-refractivity contribution in [3.63, 3.8) is 0 Å². The van der Waals surface area contributed by atoms with Gasteiger partial charge < -0.3 is 19.9 Å². The molecular weight excluding hydrogens is 415 g/mol. The molecule has 8 heteroatoms. The molecule has 27 heavy (non-hydrogen) atoms. The summed E-state index contributed by atoms with van der Waals surface area (Å²) in [5, 5.41) is 3.30. The molecule has 6 nitrogen and oxygen atoms in total. The highest BCUT2D eigenvalue weighted by atomic mass is 79.9. The van der Waals surface area contributed by atoms with Gasteiger partial charge in [0, 0.05) is 50.9 Å². The second kappa shape index (κ2) is 9.50. The van der Waals surface area contributed by atoms with Crippen LogP contribution in [0.5, 0.6) is 0 Å². The average molecular weight is 441 g/mol. The van der Waals surface area contributed by atoms with Crippen LogP contribution in [0.1, 0.15) is 18.4 Å². The van der Waals surface area contributed by atoms with Gasteiger partial charge in [0.2, 0.25) is 0 Å². The molecule has 2 fully saturated rings. The Kier molecular flexibility index (Phi) is 7.07. The van der Waals surface area contributed by atoms with Crippen molar-refractivity contribution < 1.29 is 13.9 Å². The minimum atomic E-state index is -0.255. The minimum Gasteiger partial charge on any atom is -0.368 e. The van der Waals surface area contributed by atoms with E-state index in [1.165, 1.54) is 6.07 Å². The van der Waals surface area contributed by atoms with Crippen molar-refractivity contribution in [1.82, 2.24) is 15.1 Å². The minimum absolute atomic E-state index is 0.111. The summed E-state index contributed by atoms with van der Waals surface area (Å²) in [6.45, 7) is 4.06. The topological polar surface area (TPSA) is 57.2 Å². The van der Waals surface area contributed by atoms with Gasteiger partial charge in [-0.2, -0.15) is 0 Å². The summed E-state index contributed by atoms with van der Waals surface area (Å²) in [6, 6.07) is 4.97. The molecule has 3 rings (SSSR count). The zero-order valence-corrected chi connectivity index (χ0v) is 17.2. The first-order chi connectivity index (χ1) is 13.1. The molecule has 1 aromatic rings. The maximum absolute atomic E-state index is 13.8. The van der Waals surface area contributed by atoms with Crippen LogP contribution in [-0.4, -0.2) is 74.1 Å². The highest BCUT2D eigenvalue weighted by Crippen LogP contribution is 2.17.